The molecule has 1 aliphatic rings. The van der Waals surface area contributed by atoms with Gasteiger partial charge in [-0.1, -0.05) is 11.6 Å². The average Bonchev–Trinajstić information content (AvgIpc) is 2.85. The number of anilines is 1. The number of sulfone groups is 1. The third-order valence-corrected chi connectivity index (χ3v) is 4.88. The minimum Gasteiger partial charge on any atom is -0.390 e. The van der Waals surface area contributed by atoms with Crippen LogP contribution in [-0.4, -0.2) is 61.0 Å². The van der Waals surface area contributed by atoms with Crippen LogP contribution in [0.3, 0.4) is 0 Å². The summed E-state index contributed by atoms with van der Waals surface area (Å²) in [5.74, 6) is -0.753. The molecule has 11 heteroatoms. The van der Waals surface area contributed by atoms with Crippen LogP contribution >= 0.6 is 11.6 Å². The van der Waals surface area contributed by atoms with Gasteiger partial charge in [-0.3, -0.25) is 0 Å². The highest BCUT2D eigenvalue weighted by Gasteiger charge is 2.25. The first-order valence-electron chi connectivity index (χ1n) is 7.52. The van der Waals surface area contributed by atoms with Gasteiger partial charge in [0.2, 0.25) is 15.0 Å². The zero-order valence-electron chi connectivity index (χ0n) is 13.4. The molecule has 0 aliphatic carbocycles. The van der Waals surface area contributed by atoms with Crippen LogP contribution in [0.25, 0.3) is 10.9 Å². The van der Waals surface area contributed by atoms with Crippen LogP contribution in [0.15, 0.2) is 5.16 Å². The minimum atomic E-state index is -3.79. The summed E-state index contributed by atoms with van der Waals surface area (Å²) in [6.07, 6.45) is 1.63. The summed E-state index contributed by atoms with van der Waals surface area (Å²) in [6.45, 7) is 1.42. The van der Waals surface area contributed by atoms with E-state index in [0.29, 0.717) is 32.7 Å². The largest absolute Gasteiger partial charge is 0.390 e. The Kier molecular flexibility index (Phi) is 5.05. The number of fused-ring (bicyclic) bond motifs is 1. The first kappa shape index (κ1) is 18.2. The van der Waals surface area contributed by atoms with Crippen LogP contribution in [0.2, 0.25) is 5.15 Å². The maximum atomic E-state index is 14.5. The van der Waals surface area contributed by atoms with Crippen molar-refractivity contribution in [3.05, 3.63) is 16.7 Å². The van der Waals surface area contributed by atoms with Crippen molar-refractivity contribution in [2.45, 2.75) is 18.2 Å². The highest BCUT2D eigenvalue weighted by Crippen LogP contribution is 2.32. The molecular weight excluding hydrogens is 375 g/mol. The number of aromatic nitrogens is 3. The van der Waals surface area contributed by atoms with Gasteiger partial charge in [-0.15, -0.1) is 0 Å². The monoisotopic (exact) mass is 390 g/mol. The molecule has 0 radical (unpaired) electrons. The summed E-state index contributed by atoms with van der Waals surface area (Å²) in [5, 5.41) is 8.75. The zero-order valence-corrected chi connectivity index (χ0v) is 14.9. The van der Waals surface area contributed by atoms with Crippen LogP contribution < -0.4 is 4.90 Å². The van der Waals surface area contributed by atoms with E-state index < -0.39 is 32.6 Å². The predicted octanol–water partition coefficient (Wildman–Crippen LogP) is 0.940. The van der Waals surface area contributed by atoms with E-state index in [4.69, 9.17) is 16.3 Å². The molecular formula is C14H16ClFN4O4S. The summed E-state index contributed by atoms with van der Waals surface area (Å²) >= 11 is 5.76. The second kappa shape index (κ2) is 6.94. The van der Waals surface area contributed by atoms with E-state index in [9.17, 15) is 17.9 Å². The van der Waals surface area contributed by atoms with E-state index in [1.807, 2.05) is 0 Å². The van der Waals surface area contributed by atoms with E-state index in [0.717, 1.165) is 6.26 Å². The quantitative estimate of drug-likeness (QED) is 0.609. The molecule has 1 N–H and O–H groups in total. The lowest BCUT2D eigenvalue weighted by molar-refractivity contribution is 0.152. The number of aliphatic hydroxyl groups excluding tert-OH is 1. The molecule has 0 saturated carbocycles. The third kappa shape index (κ3) is 3.52. The van der Waals surface area contributed by atoms with Crippen LogP contribution in [0.5, 0.6) is 0 Å². The Balaban J connectivity index is 2.37. The Morgan fingerprint density at radius 3 is 2.72 bits per heavy atom. The Labute approximate surface area is 148 Å². The molecule has 8 nitrogen and oxygen atoms in total. The molecule has 25 heavy (non-hydrogen) atoms. The van der Waals surface area contributed by atoms with E-state index in [1.165, 1.54) is 0 Å². The Hall–Kier alpha value is -1.62. The number of hydrogen-bond donors (Lipinski definition) is 1. The van der Waals surface area contributed by atoms with Crippen LogP contribution in [0.4, 0.5) is 10.2 Å². The van der Waals surface area contributed by atoms with Gasteiger partial charge in [-0.05, 0) is 6.42 Å². The highest BCUT2D eigenvalue weighted by molar-refractivity contribution is 7.90. The predicted molar refractivity (Wildman–Crippen MR) is 89.0 cm³/mol. The SMILES string of the molecule is CS(=O)(=O)c1nc(N2CCCOCC2)c2c(CO)nc(Cl)c(F)c2n1. The van der Waals surface area contributed by atoms with Gasteiger partial charge in [0.05, 0.1) is 24.3 Å². The summed E-state index contributed by atoms with van der Waals surface area (Å²) in [4.78, 5) is 13.6. The lowest BCUT2D eigenvalue weighted by atomic mass is 10.2. The lowest BCUT2D eigenvalue weighted by Crippen LogP contribution is -2.28. The molecule has 1 fully saturated rings. The summed E-state index contributed by atoms with van der Waals surface area (Å²) in [7, 11) is -3.79. The smallest absolute Gasteiger partial charge is 0.249 e. The van der Waals surface area contributed by atoms with Gasteiger partial charge in [0.15, 0.2) is 11.0 Å². The summed E-state index contributed by atoms with van der Waals surface area (Å²) in [5.41, 5.74) is -0.193. The third-order valence-electron chi connectivity index (χ3n) is 3.78. The van der Waals surface area contributed by atoms with Crippen LogP contribution in [0.1, 0.15) is 12.1 Å². The van der Waals surface area contributed by atoms with Crippen molar-refractivity contribution in [1.29, 1.82) is 0 Å². The molecule has 0 bridgehead atoms. The highest BCUT2D eigenvalue weighted by atomic mass is 35.5. The average molecular weight is 391 g/mol. The van der Waals surface area contributed by atoms with E-state index >= 15 is 0 Å². The molecule has 3 heterocycles. The maximum absolute atomic E-state index is 14.5. The first-order valence-corrected chi connectivity index (χ1v) is 9.79. The molecule has 1 aliphatic heterocycles. The van der Waals surface area contributed by atoms with E-state index in [1.54, 1.807) is 4.90 Å². The molecule has 0 aromatic carbocycles. The van der Waals surface area contributed by atoms with Crippen molar-refractivity contribution in [1.82, 2.24) is 15.0 Å². The van der Waals surface area contributed by atoms with Gasteiger partial charge in [-0.25, -0.2) is 27.8 Å². The number of pyridine rings is 1. The number of halogens is 2. The van der Waals surface area contributed by atoms with Crippen molar-refractivity contribution in [3.8, 4) is 0 Å². The molecule has 2 aromatic heterocycles. The van der Waals surface area contributed by atoms with E-state index in [-0.39, 0.29) is 22.4 Å². The Bertz CT molecular complexity index is 917. The van der Waals surface area contributed by atoms with Gasteiger partial charge in [-0.2, -0.15) is 0 Å². The van der Waals surface area contributed by atoms with Gasteiger partial charge in [0.1, 0.15) is 11.3 Å². The molecule has 136 valence electrons. The number of aliphatic hydroxyl groups is 1. The number of rotatable bonds is 3. The molecule has 2 aromatic rings. The fraction of sp³-hybridized carbons (Fsp3) is 0.500. The second-order valence-electron chi connectivity index (χ2n) is 5.60. The maximum Gasteiger partial charge on any atom is 0.249 e. The fourth-order valence-corrected chi connectivity index (χ4v) is 3.34. The Morgan fingerprint density at radius 1 is 1.28 bits per heavy atom. The molecule has 0 atom stereocenters. The fourth-order valence-electron chi connectivity index (χ4n) is 2.64. The van der Waals surface area contributed by atoms with Crippen molar-refractivity contribution in [3.63, 3.8) is 0 Å². The molecule has 3 rings (SSSR count). The zero-order chi connectivity index (χ0) is 18.2. The van der Waals surface area contributed by atoms with Crippen molar-refractivity contribution in [2.75, 3.05) is 37.5 Å². The Morgan fingerprint density at radius 2 is 2.04 bits per heavy atom. The summed E-state index contributed by atoms with van der Waals surface area (Å²) in [6, 6.07) is 0. The van der Waals surface area contributed by atoms with Gasteiger partial charge in [0, 0.05) is 26.0 Å². The van der Waals surface area contributed by atoms with Crippen molar-refractivity contribution >= 4 is 38.2 Å². The lowest BCUT2D eigenvalue weighted by Gasteiger charge is -2.23. The number of hydrogen-bond acceptors (Lipinski definition) is 8. The first-order chi connectivity index (χ1) is 11.8. The van der Waals surface area contributed by atoms with Crippen molar-refractivity contribution in [2.24, 2.45) is 0 Å². The van der Waals surface area contributed by atoms with Gasteiger partial charge in [0.25, 0.3) is 0 Å². The topological polar surface area (TPSA) is 106 Å². The van der Waals surface area contributed by atoms with Crippen LogP contribution in [-0.2, 0) is 21.2 Å². The van der Waals surface area contributed by atoms with Gasteiger partial charge < -0.3 is 14.7 Å². The summed E-state index contributed by atoms with van der Waals surface area (Å²) < 4.78 is 43.8. The molecule has 0 spiro atoms. The standard InChI is InChI=1S/C14H16ClFN4O4S/c1-25(22,23)14-18-11-9(8(7-21)17-12(15)10(11)16)13(19-14)20-3-2-5-24-6-4-20/h21H,2-7H2,1H3. The molecule has 1 saturated heterocycles. The number of ether oxygens (including phenoxy) is 1. The second-order valence-corrected chi connectivity index (χ2v) is 7.87. The molecule has 0 unspecified atom stereocenters. The van der Waals surface area contributed by atoms with Crippen LogP contribution in [0, 0.1) is 5.82 Å². The minimum absolute atomic E-state index is 0.0848. The molecule has 0 amide bonds. The van der Waals surface area contributed by atoms with Gasteiger partial charge >= 0.3 is 0 Å². The van der Waals surface area contributed by atoms with E-state index in [2.05, 4.69) is 15.0 Å². The van der Waals surface area contributed by atoms with Crippen molar-refractivity contribution < 1.29 is 22.7 Å². The normalized spacial score (nSPS) is 16.2. The number of nitrogens with zero attached hydrogens (tertiary/aromatic N) is 4.